The van der Waals surface area contributed by atoms with Gasteiger partial charge in [0.1, 0.15) is 6.10 Å². The molecule has 0 fully saturated rings. The van der Waals surface area contributed by atoms with Gasteiger partial charge in [0.05, 0.1) is 0 Å². The number of aliphatic hydroxyl groups excluding tert-OH is 1. The summed E-state index contributed by atoms with van der Waals surface area (Å²) in [5, 5.41) is 27.3. The average Bonchev–Trinajstić information content (AvgIpc) is 2.08. The maximum Gasteiger partial charge on any atom is 0.162 e. The largest absolute Gasteiger partial charge is 0.504 e. The zero-order valence-corrected chi connectivity index (χ0v) is 7.06. The second-order valence-corrected chi connectivity index (χ2v) is 2.76. The molecule has 4 nitrogen and oxygen atoms in total. The molecule has 3 N–H and O–H groups in total. The highest BCUT2D eigenvalue weighted by Crippen LogP contribution is 2.27. The van der Waals surface area contributed by atoms with Crippen molar-refractivity contribution in [2.75, 3.05) is 0 Å². The molecule has 0 aliphatic carbocycles. The fraction of sp³-hybridized carbons (Fsp3) is 0.222. The van der Waals surface area contributed by atoms with Crippen molar-refractivity contribution in [2.45, 2.75) is 13.0 Å². The number of Topliss-reactive ketones (excluding diaryl/α,β-unsaturated/α-hetero) is 1. The molecule has 1 unspecified atom stereocenters. The summed E-state index contributed by atoms with van der Waals surface area (Å²) < 4.78 is 0. The number of hydrogen-bond donors (Lipinski definition) is 3. The molecule has 70 valence electrons. The van der Waals surface area contributed by atoms with Crippen LogP contribution in [0.2, 0.25) is 0 Å². The van der Waals surface area contributed by atoms with Crippen LogP contribution < -0.4 is 0 Å². The molecule has 0 heterocycles. The molecule has 0 saturated heterocycles. The van der Waals surface area contributed by atoms with E-state index in [1.54, 1.807) is 0 Å². The number of hydrogen-bond acceptors (Lipinski definition) is 4. The molecular formula is C9H10O4. The van der Waals surface area contributed by atoms with Crippen LogP contribution in [0.5, 0.6) is 11.5 Å². The summed E-state index contributed by atoms with van der Waals surface area (Å²) in [6, 6.07) is 3.75. The van der Waals surface area contributed by atoms with E-state index in [1.165, 1.54) is 19.1 Å². The third-order valence-corrected chi connectivity index (χ3v) is 1.70. The Kier molecular flexibility index (Phi) is 2.53. The summed E-state index contributed by atoms with van der Waals surface area (Å²) in [6.07, 6.45) is -1.24. The molecule has 13 heavy (non-hydrogen) atoms. The number of ketones is 1. The number of carbonyl (C=O) groups is 1. The van der Waals surface area contributed by atoms with Crippen molar-refractivity contribution in [3.63, 3.8) is 0 Å². The molecule has 0 bridgehead atoms. The molecule has 1 aromatic rings. The van der Waals surface area contributed by atoms with Crippen LogP contribution >= 0.6 is 0 Å². The third-order valence-electron chi connectivity index (χ3n) is 1.70. The molecule has 0 amide bonds. The van der Waals surface area contributed by atoms with Gasteiger partial charge in [-0.2, -0.15) is 0 Å². The minimum Gasteiger partial charge on any atom is -0.504 e. The number of carbonyl (C=O) groups excluding carboxylic acids is 1. The fourth-order valence-electron chi connectivity index (χ4n) is 0.945. The molecule has 0 radical (unpaired) electrons. The van der Waals surface area contributed by atoms with E-state index < -0.39 is 11.9 Å². The molecule has 0 aliphatic heterocycles. The van der Waals surface area contributed by atoms with E-state index in [2.05, 4.69) is 0 Å². The lowest BCUT2D eigenvalue weighted by molar-refractivity contribution is -0.125. The highest BCUT2D eigenvalue weighted by molar-refractivity contribution is 5.81. The predicted octanol–water partition coefficient (Wildman–Crippen LogP) is 0.720. The average molecular weight is 182 g/mol. The van der Waals surface area contributed by atoms with Crippen LogP contribution in [0.4, 0.5) is 0 Å². The van der Waals surface area contributed by atoms with Crippen molar-refractivity contribution in [3.8, 4) is 11.5 Å². The van der Waals surface area contributed by atoms with Crippen LogP contribution in [-0.4, -0.2) is 21.1 Å². The van der Waals surface area contributed by atoms with Crippen LogP contribution in [-0.2, 0) is 4.79 Å². The lowest BCUT2D eigenvalue weighted by atomic mass is 10.1. The standard InChI is InChI=1S/C9H10O4/c1-5(10)9(13)6-2-3-7(11)8(12)4-6/h2-4,9,11-13H,1H3. The van der Waals surface area contributed by atoms with Crippen molar-refractivity contribution in [3.05, 3.63) is 23.8 Å². The van der Waals surface area contributed by atoms with Gasteiger partial charge in [-0.15, -0.1) is 0 Å². The molecule has 1 atom stereocenters. The minimum absolute atomic E-state index is 0.266. The van der Waals surface area contributed by atoms with Crippen LogP contribution in [0.15, 0.2) is 18.2 Å². The first-order chi connectivity index (χ1) is 6.02. The van der Waals surface area contributed by atoms with Gasteiger partial charge in [-0.05, 0) is 24.6 Å². The van der Waals surface area contributed by atoms with E-state index in [9.17, 15) is 9.90 Å². The Labute approximate surface area is 75.1 Å². The Balaban J connectivity index is 3.03. The number of phenols is 2. The summed E-state index contributed by atoms with van der Waals surface area (Å²) >= 11 is 0. The summed E-state index contributed by atoms with van der Waals surface area (Å²) in [5.41, 5.74) is 0.266. The smallest absolute Gasteiger partial charge is 0.162 e. The van der Waals surface area contributed by atoms with Crippen LogP contribution in [0.25, 0.3) is 0 Å². The molecule has 1 aromatic carbocycles. The van der Waals surface area contributed by atoms with Crippen molar-refractivity contribution < 1.29 is 20.1 Å². The van der Waals surface area contributed by atoms with Crippen LogP contribution in [0.3, 0.4) is 0 Å². The van der Waals surface area contributed by atoms with Crippen molar-refractivity contribution in [1.82, 2.24) is 0 Å². The number of aromatic hydroxyl groups is 2. The van der Waals surface area contributed by atoms with Gasteiger partial charge in [0.15, 0.2) is 17.3 Å². The monoisotopic (exact) mass is 182 g/mol. The number of benzene rings is 1. The SMILES string of the molecule is CC(=O)C(O)c1ccc(O)c(O)c1. The molecule has 1 rings (SSSR count). The van der Waals surface area contributed by atoms with E-state index in [0.29, 0.717) is 0 Å². The normalized spacial score (nSPS) is 12.5. The molecule has 0 aromatic heterocycles. The van der Waals surface area contributed by atoms with Gasteiger partial charge in [0, 0.05) is 0 Å². The van der Waals surface area contributed by atoms with Gasteiger partial charge in [0.2, 0.25) is 0 Å². The summed E-state index contributed by atoms with van der Waals surface area (Å²) in [4.78, 5) is 10.7. The predicted molar refractivity (Wildman–Crippen MR) is 45.4 cm³/mol. The Morgan fingerprint density at radius 1 is 1.31 bits per heavy atom. The minimum atomic E-state index is -1.24. The highest BCUT2D eigenvalue weighted by Gasteiger charge is 2.13. The Hall–Kier alpha value is -1.55. The van der Waals surface area contributed by atoms with Gasteiger partial charge >= 0.3 is 0 Å². The first kappa shape index (κ1) is 9.54. The second kappa shape index (κ2) is 3.45. The maximum absolute atomic E-state index is 10.7. The lowest BCUT2D eigenvalue weighted by Gasteiger charge is -2.07. The Morgan fingerprint density at radius 2 is 1.92 bits per heavy atom. The maximum atomic E-state index is 10.7. The first-order valence-corrected chi connectivity index (χ1v) is 3.72. The van der Waals surface area contributed by atoms with Gasteiger partial charge in [-0.25, -0.2) is 0 Å². The van der Waals surface area contributed by atoms with E-state index in [1.807, 2.05) is 0 Å². The molecule has 4 heteroatoms. The molecule has 0 spiro atoms. The van der Waals surface area contributed by atoms with Gasteiger partial charge in [-0.3, -0.25) is 4.79 Å². The van der Waals surface area contributed by atoms with Crippen LogP contribution in [0, 0.1) is 0 Å². The van der Waals surface area contributed by atoms with Crippen molar-refractivity contribution in [1.29, 1.82) is 0 Å². The zero-order chi connectivity index (χ0) is 10.0. The number of phenolic OH excluding ortho intramolecular Hbond substituents is 2. The molecular weight excluding hydrogens is 172 g/mol. The zero-order valence-electron chi connectivity index (χ0n) is 7.06. The van der Waals surface area contributed by atoms with E-state index in [0.717, 1.165) is 6.07 Å². The first-order valence-electron chi connectivity index (χ1n) is 3.72. The van der Waals surface area contributed by atoms with E-state index >= 15 is 0 Å². The lowest BCUT2D eigenvalue weighted by Crippen LogP contribution is -2.06. The fourth-order valence-corrected chi connectivity index (χ4v) is 0.945. The summed E-state index contributed by atoms with van der Waals surface area (Å²) in [7, 11) is 0. The van der Waals surface area contributed by atoms with Gasteiger partial charge in [0.25, 0.3) is 0 Å². The van der Waals surface area contributed by atoms with E-state index in [4.69, 9.17) is 10.2 Å². The van der Waals surface area contributed by atoms with Crippen molar-refractivity contribution >= 4 is 5.78 Å². The van der Waals surface area contributed by atoms with Gasteiger partial charge in [-0.1, -0.05) is 6.07 Å². The molecule has 0 aliphatic rings. The van der Waals surface area contributed by atoms with Gasteiger partial charge < -0.3 is 15.3 Å². The van der Waals surface area contributed by atoms with Crippen molar-refractivity contribution in [2.24, 2.45) is 0 Å². The highest BCUT2D eigenvalue weighted by atomic mass is 16.3. The third kappa shape index (κ3) is 1.97. The van der Waals surface area contributed by atoms with E-state index in [-0.39, 0.29) is 17.1 Å². The number of aliphatic hydroxyl groups is 1. The summed E-state index contributed by atoms with van der Waals surface area (Å²) in [6.45, 7) is 1.24. The molecule has 0 saturated carbocycles. The quantitative estimate of drug-likeness (QED) is 0.589. The number of rotatable bonds is 2. The Bertz CT molecular complexity index is 332. The second-order valence-electron chi connectivity index (χ2n) is 2.76. The van der Waals surface area contributed by atoms with Crippen LogP contribution in [0.1, 0.15) is 18.6 Å². The summed E-state index contributed by atoms with van der Waals surface area (Å²) in [5.74, 6) is -1.04. The Morgan fingerprint density at radius 3 is 2.38 bits per heavy atom. The topological polar surface area (TPSA) is 77.8 Å².